The molecule has 0 aliphatic carbocycles. The van der Waals surface area contributed by atoms with Crippen LogP contribution in [0, 0.1) is 0 Å². The Bertz CT molecular complexity index is 373. The molecular formula is C21H49N4O3PS2. The summed E-state index contributed by atoms with van der Waals surface area (Å²) in [4.78, 5) is 24.0. The van der Waals surface area contributed by atoms with E-state index in [4.69, 9.17) is 21.3 Å². The second kappa shape index (κ2) is 32.1. The van der Waals surface area contributed by atoms with Gasteiger partial charge in [0.25, 0.3) is 0 Å². The van der Waals surface area contributed by atoms with E-state index in [1.807, 2.05) is 12.5 Å². The summed E-state index contributed by atoms with van der Waals surface area (Å²) in [6, 6.07) is 0. The SMILES string of the molecule is CCCCCCCCN=C(N)SC.CCCCCCCCN=C(N)SC.COP(O)O. The average molecular weight is 501 g/mol. The fourth-order valence-electron chi connectivity index (χ4n) is 2.29. The third-order valence-corrected chi connectivity index (χ3v) is 5.56. The molecular weight excluding hydrogens is 451 g/mol. The summed E-state index contributed by atoms with van der Waals surface area (Å²) in [6.45, 7) is 6.28. The van der Waals surface area contributed by atoms with Gasteiger partial charge in [0, 0.05) is 20.2 Å². The van der Waals surface area contributed by atoms with Crippen LogP contribution in [-0.2, 0) is 4.52 Å². The van der Waals surface area contributed by atoms with Gasteiger partial charge in [-0.3, -0.25) is 9.98 Å². The Labute approximate surface area is 201 Å². The number of aliphatic imine (C=N–C) groups is 2. The zero-order valence-electron chi connectivity index (χ0n) is 20.5. The Morgan fingerprint density at radius 3 is 1.26 bits per heavy atom. The van der Waals surface area contributed by atoms with Crippen molar-refractivity contribution in [3.05, 3.63) is 0 Å². The lowest BCUT2D eigenvalue weighted by Gasteiger charge is -1.98. The largest absolute Gasteiger partial charge is 0.379 e. The van der Waals surface area contributed by atoms with Gasteiger partial charge in [-0.15, -0.1) is 0 Å². The number of amidine groups is 2. The molecule has 0 aromatic heterocycles. The lowest BCUT2D eigenvalue weighted by Crippen LogP contribution is -2.06. The summed E-state index contributed by atoms with van der Waals surface area (Å²) >= 11 is 3.05. The molecule has 0 aliphatic heterocycles. The summed E-state index contributed by atoms with van der Waals surface area (Å²) in [5.74, 6) is 0. The highest BCUT2D eigenvalue weighted by Gasteiger charge is 1.91. The van der Waals surface area contributed by atoms with E-state index in [2.05, 4.69) is 28.4 Å². The number of unbranched alkanes of at least 4 members (excludes halogenated alkanes) is 10. The van der Waals surface area contributed by atoms with E-state index in [9.17, 15) is 0 Å². The molecule has 0 fully saturated rings. The Morgan fingerprint density at radius 2 is 1.00 bits per heavy atom. The van der Waals surface area contributed by atoms with E-state index in [0.29, 0.717) is 10.3 Å². The topological polar surface area (TPSA) is 126 Å². The molecule has 0 heterocycles. The average Bonchev–Trinajstić information content (AvgIpc) is 2.78. The molecule has 10 heteroatoms. The van der Waals surface area contributed by atoms with Gasteiger partial charge in [-0.1, -0.05) is 102 Å². The minimum absolute atomic E-state index is 0.716. The Morgan fingerprint density at radius 1 is 0.710 bits per heavy atom. The van der Waals surface area contributed by atoms with E-state index < -0.39 is 8.60 Å². The summed E-state index contributed by atoms with van der Waals surface area (Å²) in [6.07, 6.45) is 19.7. The minimum Gasteiger partial charge on any atom is -0.379 e. The predicted octanol–water partition coefficient (Wildman–Crippen LogP) is 5.89. The number of rotatable bonds is 15. The molecule has 0 rings (SSSR count). The molecule has 0 bridgehead atoms. The van der Waals surface area contributed by atoms with Gasteiger partial charge in [0.2, 0.25) is 0 Å². The molecule has 0 aromatic carbocycles. The van der Waals surface area contributed by atoms with Crippen molar-refractivity contribution in [3.8, 4) is 0 Å². The normalized spacial score (nSPS) is 11.6. The van der Waals surface area contributed by atoms with E-state index >= 15 is 0 Å². The maximum atomic E-state index is 7.76. The van der Waals surface area contributed by atoms with E-state index in [-0.39, 0.29) is 0 Å². The van der Waals surface area contributed by atoms with Crippen LogP contribution in [0.25, 0.3) is 0 Å². The molecule has 31 heavy (non-hydrogen) atoms. The highest BCUT2D eigenvalue weighted by molar-refractivity contribution is 8.13. The third kappa shape index (κ3) is 40.8. The van der Waals surface area contributed by atoms with Crippen LogP contribution in [0.5, 0.6) is 0 Å². The third-order valence-electron chi connectivity index (χ3n) is 4.14. The van der Waals surface area contributed by atoms with Crippen molar-refractivity contribution >= 4 is 42.5 Å². The van der Waals surface area contributed by atoms with Crippen LogP contribution in [0.15, 0.2) is 9.98 Å². The van der Waals surface area contributed by atoms with Gasteiger partial charge in [0.1, 0.15) is 0 Å². The van der Waals surface area contributed by atoms with Crippen molar-refractivity contribution in [2.24, 2.45) is 21.5 Å². The van der Waals surface area contributed by atoms with E-state index in [1.54, 1.807) is 0 Å². The van der Waals surface area contributed by atoms with Gasteiger partial charge < -0.3 is 25.8 Å². The van der Waals surface area contributed by atoms with Crippen LogP contribution >= 0.6 is 32.1 Å². The zero-order chi connectivity index (χ0) is 24.2. The van der Waals surface area contributed by atoms with Crippen LogP contribution in [0.4, 0.5) is 0 Å². The second-order valence-electron chi connectivity index (χ2n) is 6.82. The van der Waals surface area contributed by atoms with Crippen molar-refractivity contribution in [2.75, 3.05) is 32.7 Å². The van der Waals surface area contributed by atoms with Crippen LogP contribution in [0.2, 0.25) is 0 Å². The molecule has 0 saturated heterocycles. The second-order valence-corrected chi connectivity index (χ2v) is 9.34. The maximum Gasteiger partial charge on any atom is 0.326 e. The van der Waals surface area contributed by atoms with Crippen LogP contribution in [-0.4, -0.2) is 52.8 Å². The van der Waals surface area contributed by atoms with Gasteiger partial charge in [0.05, 0.1) is 0 Å². The maximum absolute atomic E-state index is 7.76. The molecule has 0 aromatic rings. The van der Waals surface area contributed by atoms with E-state index in [0.717, 1.165) is 13.1 Å². The molecule has 0 amide bonds. The fraction of sp³-hybridized carbons (Fsp3) is 0.905. The smallest absolute Gasteiger partial charge is 0.326 e. The summed E-state index contributed by atoms with van der Waals surface area (Å²) in [7, 11) is -0.870. The van der Waals surface area contributed by atoms with Crippen LogP contribution in [0.3, 0.4) is 0 Å². The van der Waals surface area contributed by atoms with Gasteiger partial charge >= 0.3 is 8.60 Å². The van der Waals surface area contributed by atoms with Gasteiger partial charge in [-0.2, -0.15) is 0 Å². The minimum atomic E-state index is -2.10. The summed E-state index contributed by atoms with van der Waals surface area (Å²) < 4.78 is 3.93. The molecule has 6 N–H and O–H groups in total. The molecule has 0 unspecified atom stereocenters. The number of nitrogens with two attached hydrogens (primary N) is 2. The monoisotopic (exact) mass is 500 g/mol. The molecule has 0 saturated carbocycles. The first kappa shape index (κ1) is 35.5. The fourth-order valence-corrected chi connectivity index (χ4v) is 2.73. The molecule has 7 nitrogen and oxygen atoms in total. The Kier molecular flexibility index (Phi) is 36.8. The highest BCUT2D eigenvalue weighted by atomic mass is 32.2. The van der Waals surface area contributed by atoms with E-state index in [1.165, 1.54) is 108 Å². The number of hydrogen-bond donors (Lipinski definition) is 4. The molecule has 0 atom stereocenters. The van der Waals surface area contributed by atoms with Gasteiger partial charge in [-0.05, 0) is 25.4 Å². The van der Waals surface area contributed by atoms with Crippen molar-refractivity contribution < 1.29 is 14.3 Å². The van der Waals surface area contributed by atoms with Crippen molar-refractivity contribution in [1.82, 2.24) is 0 Å². The van der Waals surface area contributed by atoms with Crippen molar-refractivity contribution in [1.29, 1.82) is 0 Å². The highest BCUT2D eigenvalue weighted by Crippen LogP contribution is 2.20. The quantitative estimate of drug-likeness (QED) is 0.0955. The summed E-state index contributed by atoms with van der Waals surface area (Å²) in [5.41, 5.74) is 11.1. The van der Waals surface area contributed by atoms with Crippen LogP contribution < -0.4 is 11.5 Å². The first-order valence-corrected chi connectivity index (χ1v) is 14.9. The number of nitrogens with zero attached hydrogens (tertiary/aromatic N) is 2. The molecule has 0 spiro atoms. The lowest BCUT2D eigenvalue weighted by molar-refractivity contribution is 0.310. The van der Waals surface area contributed by atoms with Crippen molar-refractivity contribution in [3.63, 3.8) is 0 Å². The predicted molar refractivity (Wildman–Crippen MR) is 145 cm³/mol. The first-order chi connectivity index (χ1) is 14.9. The van der Waals surface area contributed by atoms with Crippen molar-refractivity contribution in [2.45, 2.75) is 90.9 Å². The Hall–Kier alpha value is -0.0500. The zero-order valence-corrected chi connectivity index (χ0v) is 23.0. The molecule has 188 valence electrons. The molecule has 0 aliphatic rings. The summed E-state index contributed by atoms with van der Waals surface area (Å²) in [5, 5.41) is 1.43. The molecule has 0 radical (unpaired) electrons. The van der Waals surface area contributed by atoms with Crippen LogP contribution in [0.1, 0.15) is 90.9 Å². The standard InChI is InChI=1S/2C10H22N2S.CH5O3P/c2*1-3-4-5-6-7-8-9-12-10(11)13-2;1-4-5(2)3/h2*3-9H2,1-2H3,(H2,11,12);2-3H,1H3. The Balaban J connectivity index is -0.000000416. The lowest BCUT2D eigenvalue weighted by atomic mass is 10.1. The first-order valence-electron chi connectivity index (χ1n) is 11.3. The number of thioether (sulfide) groups is 2. The van der Waals surface area contributed by atoms with Gasteiger partial charge in [0.15, 0.2) is 10.3 Å². The number of hydrogen-bond acceptors (Lipinski definition) is 7. The van der Waals surface area contributed by atoms with Gasteiger partial charge in [-0.25, -0.2) is 0 Å².